The minimum atomic E-state index is -0.989. The summed E-state index contributed by atoms with van der Waals surface area (Å²) in [5.41, 5.74) is 0.988. The van der Waals surface area contributed by atoms with Gasteiger partial charge in [-0.15, -0.1) is 0 Å². The second-order valence-electron chi connectivity index (χ2n) is 5.08. The summed E-state index contributed by atoms with van der Waals surface area (Å²) in [6.45, 7) is 4.27. The number of benzene rings is 1. The summed E-state index contributed by atoms with van der Waals surface area (Å²) in [4.78, 5) is 33.6. The Morgan fingerprint density at radius 2 is 1.73 bits per heavy atom. The van der Waals surface area contributed by atoms with Gasteiger partial charge in [-0.2, -0.15) is 0 Å². The summed E-state index contributed by atoms with van der Waals surface area (Å²) in [6.07, 6.45) is 0.221. The van der Waals surface area contributed by atoms with Crippen molar-refractivity contribution in [3.8, 4) is 0 Å². The molecule has 7 heteroatoms. The zero-order valence-corrected chi connectivity index (χ0v) is 12.7. The first-order valence-corrected chi connectivity index (χ1v) is 7.01. The summed E-state index contributed by atoms with van der Waals surface area (Å²) >= 11 is 0. The van der Waals surface area contributed by atoms with Crippen LogP contribution in [0, 0.1) is 0 Å². The highest BCUT2D eigenvalue weighted by atomic mass is 16.4. The van der Waals surface area contributed by atoms with Crippen molar-refractivity contribution in [3.05, 3.63) is 35.4 Å². The number of carboxylic acid groups (broad SMARTS) is 1. The Labute approximate surface area is 129 Å². The van der Waals surface area contributed by atoms with Crippen molar-refractivity contribution in [2.45, 2.75) is 32.9 Å². The van der Waals surface area contributed by atoms with Gasteiger partial charge in [-0.1, -0.05) is 12.1 Å². The summed E-state index contributed by atoms with van der Waals surface area (Å²) in [5.74, 6) is -1.10. The molecule has 0 heterocycles. The van der Waals surface area contributed by atoms with Crippen molar-refractivity contribution >= 4 is 17.9 Å². The van der Waals surface area contributed by atoms with Crippen LogP contribution in [0.2, 0.25) is 0 Å². The maximum absolute atomic E-state index is 11.5. The SMILES string of the molecule is CC(C)NC(=O)CCNC(=O)NCc1ccc(C(=O)O)cc1. The number of carbonyl (C=O) groups excluding carboxylic acids is 2. The van der Waals surface area contributed by atoms with E-state index in [1.807, 2.05) is 13.8 Å². The number of carbonyl (C=O) groups is 3. The van der Waals surface area contributed by atoms with Gasteiger partial charge in [0.25, 0.3) is 0 Å². The van der Waals surface area contributed by atoms with Gasteiger partial charge in [0.2, 0.25) is 5.91 Å². The van der Waals surface area contributed by atoms with Crippen LogP contribution in [0.1, 0.15) is 36.2 Å². The van der Waals surface area contributed by atoms with Crippen LogP contribution in [0.5, 0.6) is 0 Å². The topological polar surface area (TPSA) is 108 Å². The first-order chi connectivity index (χ1) is 10.4. The van der Waals surface area contributed by atoms with Crippen molar-refractivity contribution < 1.29 is 19.5 Å². The molecule has 7 nitrogen and oxygen atoms in total. The standard InChI is InChI=1S/C15H21N3O4/c1-10(2)18-13(19)7-8-16-15(22)17-9-11-3-5-12(6-4-11)14(20)21/h3-6,10H,7-9H2,1-2H3,(H,18,19)(H,20,21)(H2,16,17,22). The van der Waals surface area contributed by atoms with E-state index in [9.17, 15) is 14.4 Å². The average molecular weight is 307 g/mol. The molecule has 0 fully saturated rings. The molecule has 120 valence electrons. The number of aromatic carboxylic acids is 1. The minimum absolute atomic E-state index is 0.0788. The van der Waals surface area contributed by atoms with Crippen LogP contribution in [0.3, 0.4) is 0 Å². The number of amides is 3. The lowest BCUT2D eigenvalue weighted by molar-refractivity contribution is -0.121. The first-order valence-electron chi connectivity index (χ1n) is 7.01. The van der Waals surface area contributed by atoms with Crippen LogP contribution in [0.15, 0.2) is 24.3 Å². The number of hydrogen-bond donors (Lipinski definition) is 4. The summed E-state index contributed by atoms with van der Waals surface area (Å²) in [6, 6.07) is 5.94. The monoisotopic (exact) mass is 307 g/mol. The van der Waals surface area contributed by atoms with Crippen molar-refractivity contribution in [2.75, 3.05) is 6.54 Å². The molecular formula is C15H21N3O4. The predicted molar refractivity (Wildman–Crippen MR) is 81.5 cm³/mol. The van der Waals surface area contributed by atoms with Crippen molar-refractivity contribution in [1.82, 2.24) is 16.0 Å². The fraction of sp³-hybridized carbons (Fsp3) is 0.400. The molecule has 1 rings (SSSR count). The molecule has 1 aromatic rings. The third kappa shape index (κ3) is 6.74. The van der Waals surface area contributed by atoms with E-state index in [1.165, 1.54) is 12.1 Å². The molecular weight excluding hydrogens is 286 g/mol. The van der Waals surface area contributed by atoms with Crippen LogP contribution >= 0.6 is 0 Å². The Kier molecular flexibility index (Phi) is 6.88. The number of nitrogens with one attached hydrogen (secondary N) is 3. The second-order valence-corrected chi connectivity index (χ2v) is 5.08. The average Bonchev–Trinajstić information content (AvgIpc) is 2.44. The lowest BCUT2D eigenvalue weighted by Gasteiger charge is -2.10. The summed E-state index contributed by atoms with van der Waals surface area (Å²) in [7, 11) is 0. The lowest BCUT2D eigenvalue weighted by atomic mass is 10.1. The van der Waals surface area contributed by atoms with E-state index in [0.29, 0.717) is 0 Å². The summed E-state index contributed by atoms with van der Waals surface area (Å²) < 4.78 is 0. The smallest absolute Gasteiger partial charge is 0.335 e. The van der Waals surface area contributed by atoms with Gasteiger partial charge < -0.3 is 21.1 Å². The van der Waals surface area contributed by atoms with Crippen molar-refractivity contribution in [2.24, 2.45) is 0 Å². The number of carboxylic acids is 1. The Morgan fingerprint density at radius 1 is 1.09 bits per heavy atom. The largest absolute Gasteiger partial charge is 0.478 e. The third-order valence-corrected chi connectivity index (χ3v) is 2.74. The van der Waals surface area contributed by atoms with Crippen molar-refractivity contribution in [3.63, 3.8) is 0 Å². The fourth-order valence-corrected chi connectivity index (χ4v) is 1.69. The van der Waals surface area contributed by atoms with E-state index in [-0.39, 0.29) is 43.1 Å². The van der Waals surface area contributed by atoms with Gasteiger partial charge in [0.15, 0.2) is 0 Å². The van der Waals surface area contributed by atoms with Crippen LogP contribution in [0.4, 0.5) is 4.79 Å². The number of urea groups is 1. The normalized spacial score (nSPS) is 10.1. The molecule has 0 radical (unpaired) electrons. The van der Waals surface area contributed by atoms with Gasteiger partial charge in [0, 0.05) is 25.6 Å². The maximum atomic E-state index is 11.5. The van der Waals surface area contributed by atoms with Gasteiger partial charge in [-0.3, -0.25) is 4.79 Å². The van der Waals surface area contributed by atoms with Gasteiger partial charge in [-0.05, 0) is 31.5 Å². The highest BCUT2D eigenvalue weighted by Gasteiger charge is 2.05. The first kappa shape index (κ1) is 17.5. The zero-order chi connectivity index (χ0) is 16.5. The van der Waals surface area contributed by atoms with E-state index >= 15 is 0 Å². The molecule has 4 N–H and O–H groups in total. The second kappa shape index (κ2) is 8.66. The maximum Gasteiger partial charge on any atom is 0.335 e. The van der Waals surface area contributed by atoms with E-state index in [4.69, 9.17) is 5.11 Å². The van der Waals surface area contributed by atoms with E-state index in [0.717, 1.165) is 5.56 Å². The molecule has 0 aromatic heterocycles. The Morgan fingerprint density at radius 3 is 2.27 bits per heavy atom. The molecule has 0 aliphatic carbocycles. The molecule has 22 heavy (non-hydrogen) atoms. The Hall–Kier alpha value is -2.57. The fourth-order valence-electron chi connectivity index (χ4n) is 1.69. The van der Waals surface area contributed by atoms with Crippen LogP contribution in [-0.2, 0) is 11.3 Å². The molecule has 0 saturated heterocycles. The molecule has 0 saturated carbocycles. The molecule has 0 bridgehead atoms. The van der Waals surface area contributed by atoms with Gasteiger partial charge in [0.05, 0.1) is 5.56 Å². The molecule has 0 aliphatic heterocycles. The predicted octanol–water partition coefficient (Wildman–Crippen LogP) is 1.10. The zero-order valence-electron chi connectivity index (χ0n) is 12.7. The molecule has 0 aliphatic rings. The van der Waals surface area contributed by atoms with E-state index < -0.39 is 5.97 Å². The number of rotatable bonds is 7. The number of hydrogen-bond acceptors (Lipinski definition) is 3. The summed E-state index contributed by atoms with van der Waals surface area (Å²) in [5, 5.41) is 16.7. The molecule has 1 aromatic carbocycles. The minimum Gasteiger partial charge on any atom is -0.478 e. The molecule has 0 unspecified atom stereocenters. The Bertz CT molecular complexity index is 526. The molecule has 0 spiro atoms. The van der Waals surface area contributed by atoms with Crippen LogP contribution in [-0.4, -0.2) is 35.6 Å². The molecule has 0 atom stereocenters. The van der Waals surface area contributed by atoms with Crippen LogP contribution < -0.4 is 16.0 Å². The van der Waals surface area contributed by atoms with Crippen LogP contribution in [0.25, 0.3) is 0 Å². The quantitative estimate of drug-likeness (QED) is 0.605. The highest BCUT2D eigenvalue weighted by Crippen LogP contribution is 2.04. The van der Waals surface area contributed by atoms with Gasteiger partial charge in [-0.25, -0.2) is 9.59 Å². The van der Waals surface area contributed by atoms with E-state index in [2.05, 4.69) is 16.0 Å². The third-order valence-electron chi connectivity index (χ3n) is 2.74. The highest BCUT2D eigenvalue weighted by molar-refractivity contribution is 5.87. The lowest BCUT2D eigenvalue weighted by Crippen LogP contribution is -2.38. The van der Waals surface area contributed by atoms with Gasteiger partial charge in [0.1, 0.15) is 0 Å². The van der Waals surface area contributed by atoms with Gasteiger partial charge >= 0.3 is 12.0 Å². The van der Waals surface area contributed by atoms with E-state index in [1.54, 1.807) is 12.1 Å². The van der Waals surface area contributed by atoms with Crippen molar-refractivity contribution in [1.29, 1.82) is 0 Å². The molecule has 3 amide bonds. The Balaban J connectivity index is 2.25.